The van der Waals surface area contributed by atoms with Crippen molar-refractivity contribution in [3.05, 3.63) is 27.1 Å². The van der Waals surface area contributed by atoms with Gasteiger partial charge in [0.25, 0.3) is 5.56 Å². The molecule has 0 saturated heterocycles. The summed E-state index contributed by atoms with van der Waals surface area (Å²) < 4.78 is 8.30. The van der Waals surface area contributed by atoms with Crippen molar-refractivity contribution in [1.82, 2.24) is 9.88 Å². The molecule has 0 atom stereocenters. The quantitative estimate of drug-likeness (QED) is 0.910. The first-order chi connectivity index (χ1) is 8.60. The van der Waals surface area contributed by atoms with Crippen LogP contribution in [0.1, 0.15) is 25.7 Å². The van der Waals surface area contributed by atoms with Gasteiger partial charge in [-0.05, 0) is 48.7 Å². The summed E-state index contributed by atoms with van der Waals surface area (Å²) in [7, 11) is 3.73. The van der Waals surface area contributed by atoms with Crippen molar-refractivity contribution in [2.75, 3.05) is 7.05 Å². The number of aromatic nitrogens is 1. The fourth-order valence-electron chi connectivity index (χ4n) is 2.32. The molecule has 1 aromatic heterocycles. The third-order valence-electron chi connectivity index (χ3n) is 3.52. The van der Waals surface area contributed by atoms with Crippen LogP contribution in [0.15, 0.2) is 21.5 Å². The van der Waals surface area contributed by atoms with Crippen LogP contribution in [0.5, 0.6) is 5.75 Å². The van der Waals surface area contributed by atoms with Crippen molar-refractivity contribution in [3.63, 3.8) is 0 Å². The predicted octanol–water partition coefficient (Wildman–Crippen LogP) is 2.48. The van der Waals surface area contributed by atoms with E-state index in [9.17, 15) is 4.79 Å². The number of hydrogen-bond acceptors (Lipinski definition) is 3. The van der Waals surface area contributed by atoms with Gasteiger partial charge in [0.1, 0.15) is 5.75 Å². The molecule has 1 fully saturated rings. The van der Waals surface area contributed by atoms with Crippen molar-refractivity contribution in [2.45, 2.75) is 37.8 Å². The highest BCUT2D eigenvalue weighted by molar-refractivity contribution is 9.10. The Bertz CT molecular complexity index is 470. The summed E-state index contributed by atoms with van der Waals surface area (Å²) in [5, 5.41) is 3.30. The molecule has 0 bridgehead atoms. The summed E-state index contributed by atoms with van der Waals surface area (Å²) in [6.07, 6.45) is 6.29. The molecule has 1 saturated carbocycles. The number of ether oxygens (including phenoxy) is 1. The zero-order valence-electron chi connectivity index (χ0n) is 11.2. The molecular formula is C13H20BrClN2O2. The molecule has 0 unspecified atom stereocenters. The Morgan fingerprint density at radius 2 is 2.00 bits per heavy atom. The Balaban J connectivity index is 0.00000180. The molecule has 19 heavy (non-hydrogen) atoms. The van der Waals surface area contributed by atoms with Gasteiger partial charge in [0.05, 0.1) is 10.6 Å². The summed E-state index contributed by atoms with van der Waals surface area (Å²) in [5.74, 6) is 0.658. The molecule has 6 heteroatoms. The standard InChI is InChI=1S/C13H19BrN2O2.ClH/c1-15-9-3-5-10(6-4-9)18-12-7-13(17)16(2)8-11(12)14;/h7-10,15H,3-6H2,1-2H3;1H. The molecule has 0 spiro atoms. The normalized spacial score (nSPS) is 22.7. The first-order valence-corrected chi connectivity index (χ1v) is 7.09. The number of hydrogen-bond donors (Lipinski definition) is 1. The average molecular weight is 352 g/mol. The van der Waals surface area contributed by atoms with Crippen LogP contribution in [-0.4, -0.2) is 23.8 Å². The van der Waals surface area contributed by atoms with E-state index in [2.05, 4.69) is 21.2 Å². The van der Waals surface area contributed by atoms with Crippen molar-refractivity contribution >= 4 is 28.3 Å². The second-order valence-corrected chi connectivity index (χ2v) is 5.67. The first kappa shape index (κ1) is 16.5. The van der Waals surface area contributed by atoms with Gasteiger partial charge in [-0.2, -0.15) is 0 Å². The van der Waals surface area contributed by atoms with Crippen molar-refractivity contribution in [3.8, 4) is 5.75 Å². The lowest BCUT2D eigenvalue weighted by molar-refractivity contribution is 0.140. The highest BCUT2D eigenvalue weighted by Crippen LogP contribution is 2.28. The van der Waals surface area contributed by atoms with E-state index in [0.29, 0.717) is 11.8 Å². The Morgan fingerprint density at radius 3 is 2.58 bits per heavy atom. The van der Waals surface area contributed by atoms with Crippen LogP contribution in [0.2, 0.25) is 0 Å². The summed E-state index contributed by atoms with van der Waals surface area (Å²) >= 11 is 3.44. The lowest BCUT2D eigenvalue weighted by Crippen LogP contribution is -2.34. The molecule has 0 aromatic carbocycles. The minimum absolute atomic E-state index is 0. The van der Waals surface area contributed by atoms with E-state index >= 15 is 0 Å². The first-order valence-electron chi connectivity index (χ1n) is 6.30. The largest absolute Gasteiger partial charge is 0.489 e. The summed E-state index contributed by atoms with van der Waals surface area (Å²) in [6.45, 7) is 0. The van der Waals surface area contributed by atoms with Gasteiger partial charge in [0, 0.05) is 25.4 Å². The molecule has 1 aromatic rings. The van der Waals surface area contributed by atoms with Gasteiger partial charge >= 0.3 is 0 Å². The second kappa shape index (κ2) is 7.31. The van der Waals surface area contributed by atoms with Crippen molar-refractivity contribution in [2.24, 2.45) is 7.05 Å². The van der Waals surface area contributed by atoms with Crippen LogP contribution < -0.4 is 15.6 Å². The van der Waals surface area contributed by atoms with Gasteiger partial charge in [-0.3, -0.25) is 4.79 Å². The molecule has 1 aliphatic rings. The Morgan fingerprint density at radius 1 is 1.37 bits per heavy atom. The topological polar surface area (TPSA) is 43.3 Å². The molecule has 1 heterocycles. The summed E-state index contributed by atoms with van der Waals surface area (Å²) in [4.78, 5) is 11.6. The molecule has 2 rings (SSSR count). The summed E-state index contributed by atoms with van der Waals surface area (Å²) in [6, 6.07) is 2.16. The van der Waals surface area contributed by atoms with E-state index in [1.54, 1.807) is 19.3 Å². The van der Waals surface area contributed by atoms with Gasteiger partial charge in [-0.15, -0.1) is 12.4 Å². The lowest BCUT2D eigenvalue weighted by atomic mass is 9.93. The van der Waals surface area contributed by atoms with Gasteiger partial charge in [-0.1, -0.05) is 0 Å². The van der Waals surface area contributed by atoms with Crippen molar-refractivity contribution < 1.29 is 4.74 Å². The predicted molar refractivity (Wildman–Crippen MR) is 82.4 cm³/mol. The second-order valence-electron chi connectivity index (χ2n) is 4.81. The minimum Gasteiger partial charge on any atom is -0.489 e. The fourth-order valence-corrected chi connectivity index (χ4v) is 2.83. The maximum absolute atomic E-state index is 11.6. The zero-order chi connectivity index (χ0) is 13.1. The third-order valence-corrected chi connectivity index (χ3v) is 4.12. The highest BCUT2D eigenvalue weighted by Gasteiger charge is 2.22. The molecular weight excluding hydrogens is 332 g/mol. The van der Waals surface area contributed by atoms with Crippen LogP contribution in [0.25, 0.3) is 0 Å². The van der Waals surface area contributed by atoms with E-state index in [-0.39, 0.29) is 24.1 Å². The monoisotopic (exact) mass is 350 g/mol. The van der Waals surface area contributed by atoms with Gasteiger partial charge in [0.15, 0.2) is 0 Å². The van der Waals surface area contributed by atoms with E-state index < -0.39 is 0 Å². The number of aryl methyl sites for hydroxylation is 1. The fraction of sp³-hybridized carbons (Fsp3) is 0.615. The van der Waals surface area contributed by atoms with Crippen LogP contribution in [0, 0.1) is 0 Å². The Hall–Kier alpha value is -0.520. The lowest BCUT2D eigenvalue weighted by Gasteiger charge is -2.29. The van der Waals surface area contributed by atoms with E-state index in [1.165, 1.54) is 4.57 Å². The minimum atomic E-state index is -0.0443. The smallest absolute Gasteiger partial charge is 0.254 e. The van der Waals surface area contributed by atoms with Crippen LogP contribution in [0.4, 0.5) is 0 Å². The van der Waals surface area contributed by atoms with E-state index in [0.717, 1.165) is 30.2 Å². The molecule has 0 aliphatic heterocycles. The van der Waals surface area contributed by atoms with Crippen LogP contribution in [0.3, 0.4) is 0 Å². The highest BCUT2D eigenvalue weighted by atomic mass is 79.9. The molecule has 1 N–H and O–H groups in total. The molecule has 4 nitrogen and oxygen atoms in total. The van der Waals surface area contributed by atoms with Crippen molar-refractivity contribution in [1.29, 1.82) is 0 Å². The van der Waals surface area contributed by atoms with E-state index in [4.69, 9.17) is 4.74 Å². The molecule has 0 amide bonds. The Labute approximate surface area is 128 Å². The average Bonchev–Trinajstić information content (AvgIpc) is 2.37. The van der Waals surface area contributed by atoms with Gasteiger partial charge in [-0.25, -0.2) is 0 Å². The van der Waals surface area contributed by atoms with Gasteiger partial charge < -0.3 is 14.6 Å². The maximum Gasteiger partial charge on any atom is 0.254 e. The third kappa shape index (κ3) is 4.23. The van der Waals surface area contributed by atoms with Crippen LogP contribution >= 0.6 is 28.3 Å². The SMILES string of the molecule is CNC1CCC(Oc2cc(=O)n(C)cc2Br)CC1.Cl. The Kier molecular flexibility index (Phi) is 6.36. The number of rotatable bonds is 3. The number of pyridine rings is 1. The van der Waals surface area contributed by atoms with Gasteiger partial charge in [0.2, 0.25) is 0 Å². The molecule has 0 radical (unpaired) electrons. The van der Waals surface area contributed by atoms with Crippen LogP contribution in [-0.2, 0) is 7.05 Å². The maximum atomic E-state index is 11.6. The molecule has 1 aliphatic carbocycles. The molecule has 108 valence electrons. The number of nitrogens with one attached hydrogen (secondary N) is 1. The number of halogens is 2. The number of nitrogens with zero attached hydrogens (tertiary/aromatic N) is 1. The van der Waals surface area contributed by atoms with E-state index in [1.807, 2.05) is 7.05 Å². The zero-order valence-corrected chi connectivity index (χ0v) is 13.6. The summed E-state index contributed by atoms with van der Waals surface area (Å²) in [5.41, 5.74) is -0.0443.